The van der Waals surface area contributed by atoms with E-state index in [0.717, 1.165) is 22.3 Å². The monoisotopic (exact) mass is 430 g/mol. The summed E-state index contributed by atoms with van der Waals surface area (Å²) in [4.78, 5) is 12.7. The number of carbonyl (C=O) groups is 1. The van der Waals surface area contributed by atoms with E-state index in [4.69, 9.17) is 4.74 Å². The summed E-state index contributed by atoms with van der Waals surface area (Å²) in [6.07, 6.45) is 1.17. The molecular weight excluding hydrogens is 400 g/mol. The molecule has 0 bridgehead atoms. The third-order valence-corrected chi connectivity index (χ3v) is 7.73. The number of nitrogens with zero attached hydrogens (tertiary/aromatic N) is 1. The van der Waals surface area contributed by atoms with Crippen molar-refractivity contribution in [3.05, 3.63) is 58.7 Å². The Bertz CT molecular complexity index is 1030. The van der Waals surface area contributed by atoms with E-state index in [1.165, 1.54) is 4.31 Å². The van der Waals surface area contributed by atoms with E-state index < -0.39 is 10.0 Å². The highest BCUT2D eigenvalue weighted by Crippen LogP contribution is 2.24. The fraction of sp³-hybridized carbons (Fsp3) is 0.435. The molecule has 0 atom stereocenters. The molecule has 0 unspecified atom stereocenters. The standard InChI is InChI=1S/C23H30N2O4S/c1-16-8-9-18(3)22(14-16)30(27,28)25-12-10-20(11-13-25)24-23(26)15-29-21-7-5-6-17(2)19(21)4/h5-9,14,20H,10-13,15H2,1-4H3,(H,24,26). The molecule has 0 saturated carbocycles. The highest BCUT2D eigenvalue weighted by atomic mass is 32.2. The average molecular weight is 431 g/mol. The van der Waals surface area contributed by atoms with Crippen molar-refractivity contribution < 1.29 is 17.9 Å². The Balaban J connectivity index is 1.53. The van der Waals surface area contributed by atoms with Crippen molar-refractivity contribution in [2.24, 2.45) is 0 Å². The number of amides is 1. The first-order chi connectivity index (χ1) is 14.2. The zero-order chi connectivity index (χ0) is 21.9. The van der Waals surface area contributed by atoms with Gasteiger partial charge in [0.05, 0.1) is 4.90 Å². The predicted octanol–water partition coefficient (Wildman–Crippen LogP) is 3.27. The van der Waals surface area contributed by atoms with Gasteiger partial charge >= 0.3 is 0 Å². The van der Waals surface area contributed by atoms with Gasteiger partial charge in [0.15, 0.2) is 6.61 Å². The minimum absolute atomic E-state index is 0.0503. The van der Waals surface area contributed by atoms with Crippen molar-refractivity contribution in [1.82, 2.24) is 9.62 Å². The topological polar surface area (TPSA) is 75.7 Å². The Morgan fingerprint density at radius 2 is 1.77 bits per heavy atom. The van der Waals surface area contributed by atoms with Gasteiger partial charge in [0.1, 0.15) is 5.75 Å². The lowest BCUT2D eigenvalue weighted by atomic mass is 10.1. The van der Waals surface area contributed by atoms with Crippen molar-refractivity contribution in [3.63, 3.8) is 0 Å². The van der Waals surface area contributed by atoms with Crippen LogP contribution in [0.2, 0.25) is 0 Å². The first-order valence-electron chi connectivity index (χ1n) is 10.2. The molecule has 0 aliphatic carbocycles. The average Bonchev–Trinajstić information content (AvgIpc) is 2.71. The summed E-state index contributed by atoms with van der Waals surface area (Å²) in [6.45, 7) is 8.40. The number of rotatable bonds is 6. The number of sulfonamides is 1. The molecule has 1 heterocycles. The number of hydrogen-bond acceptors (Lipinski definition) is 4. The lowest BCUT2D eigenvalue weighted by Gasteiger charge is -2.32. The molecule has 6 nitrogen and oxygen atoms in total. The summed E-state index contributed by atoms with van der Waals surface area (Å²) in [5.41, 5.74) is 3.81. The van der Waals surface area contributed by atoms with Gasteiger partial charge in [0.25, 0.3) is 5.91 Å². The minimum Gasteiger partial charge on any atom is -0.483 e. The number of hydrogen-bond donors (Lipinski definition) is 1. The van der Waals surface area contributed by atoms with E-state index in [9.17, 15) is 13.2 Å². The van der Waals surface area contributed by atoms with Crippen LogP contribution in [-0.4, -0.2) is 44.4 Å². The second kappa shape index (κ2) is 9.18. The van der Waals surface area contributed by atoms with E-state index in [1.54, 1.807) is 6.07 Å². The molecule has 1 fully saturated rings. The zero-order valence-corrected chi connectivity index (χ0v) is 18.9. The first-order valence-corrected chi connectivity index (χ1v) is 11.7. The molecule has 0 radical (unpaired) electrons. The number of nitrogens with one attached hydrogen (secondary N) is 1. The third kappa shape index (κ3) is 5.02. The minimum atomic E-state index is -3.53. The van der Waals surface area contributed by atoms with Gasteiger partial charge in [0, 0.05) is 19.1 Å². The van der Waals surface area contributed by atoms with Gasteiger partial charge < -0.3 is 10.1 Å². The van der Waals surface area contributed by atoms with Crippen molar-refractivity contribution >= 4 is 15.9 Å². The zero-order valence-electron chi connectivity index (χ0n) is 18.1. The summed E-state index contributed by atoms with van der Waals surface area (Å²) in [5.74, 6) is 0.520. The van der Waals surface area contributed by atoms with Crippen LogP contribution in [0.15, 0.2) is 41.3 Å². The van der Waals surface area contributed by atoms with Crippen LogP contribution < -0.4 is 10.1 Å². The number of carbonyl (C=O) groups excluding carboxylic acids is 1. The summed E-state index contributed by atoms with van der Waals surface area (Å²) in [6, 6.07) is 11.2. The molecule has 1 aliphatic heterocycles. The van der Waals surface area contributed by atoms with Gasteiger partial charge in [-0.3, -0.25) is 4.79 Å². The summed E-state index contributed by atoms with van der Waals surface area (Å²) < 4.78 is 33.2. The Morgan fingerprint density at radius 3 is 2.47 bits per heavy atom. The van der Waals surface area contributed by atoms with Gasteiger partial charge in [-0.15, -0.1) is 0 Å². The summed E-state index contributed by atoms with van der Waals surface area (Å²) >= 11 is 0. The van der Waals surface area contributed by atoms with Gasteiger partial charge in [-0.1, -0.05) is 24.3 Å². The van der Waals surface area contributed by atoms with Crippen molar-refractivity contribution in [1.29, 1.82) is 0 Å². The van der Waals surface area contributed by atoms with Crippen LogP contribution in [0.5, 0.6) is 5.75 Å². The van der Waals surface area contributed by atoms with Gasteiger partial charge in [-0.25, -0.2) is 8.42 Å². The molecule has 7 heteroatoms. The van der Waals surface area contributed by atoms with E-state index in [1.807, 2.05) is 58.0 Å². The third-order valence-electron chi connectivity index (χ3n) is 5.69. The van der Waals surface area contributed by atoms with Crippen LogP contribution in [0.3, 0.4) is 0 Å². The SMILES string of the molecule is Cc1ccc(C)c(S(=O)(=O)N2CCC(NC(=O)COc3cccc(C)c3C)CC2)c1. The van der Waals surface area contributed by atoms with Crippen LogP contribution in [0.4, 0.5) is 0 Å². The van der Waals surface area contributed by atoms with Gasteiger partial charge in [-0.2, -0.15) is 4.31 Å². The second-order valence-corrected chi connectivity index (χ2v) is 9.91. The molecule has 3 rings (SSSR count). The number of piperidine rings is 1. The molecule has 2 aromatic rings. The lowest BCUT2D eigenvalue weighted by molar-refractivity contribution is -0.124. The van der Waals surface area contributed by atoms with Gasteiger partial charge in [-0.05, 0) is 74.9 Å². The Labute approximate surface area is 179 Å². The maximum atomic E-state index is 13.0. The van der Waals surface area contributed by atoms with Crippen LogP contribution in [0.1, 0.15) is 35.1 Å². The molecule has 0 spiro atoms. The van der Waals surface area contributed by atoms with Gasteiger partial charge in [0.2, 0.25) is 10.0 Å². The normalized spacial score (nSPS) is 15.7. The molecule has 0 aromatic heterocycles. The molecule has 2 aromatic carbocycles. The van der Waals surface area contributed by atoms with Crippen LogP contribution in [0, 0.1) is 27.7 Å². The Kier molecular flexibility index (Phi) is 6.83. The van der Waals surface area contributed by atoms with E-state index >= 15 is 0 Å². The predicted molar refractivity (Wildman–Crippen MR) is 117 cm³/mol. The first kappa shape index (κ1) is 22.3. The fourth-order valence-corrected chi connectivity index (χ4v) is 5.44. The summed E-state index contributed by atoms with van der Waals surface area (Å²) in [7, 11) is -3.53. The molecular formula is C23H30N2O4S. The number of ether oxygens (including phenoxy) is 1. The molecule has 1 N–H and O–H groups in total. The van der Waals surface area contributed by atoms with E-state index in [-0.39, 0.29) is 18.6 Å². The van der Waals surface area contributed by atoms with Crippen molar-refractivity contribution in [2.75, 3.05) is 19.7 Å². The van der Waals surface area contributed by atoms with Crippen LogP contribution >= 0.6 is 0 Å². The van der Waals surface area contributed by atoms with Crippen LogP contribution in [0.25, 0.3) is 0 Å². The Hall–Kier alpha value is -2.38. The number of aryl methyl sites for hydroxylation is 3. The quantitative estimate of drug-likeness (QED) is 0.763. The van der Waals surface area contributed by atoms with E-state index in [2.05, 4.69) is 5.32 Å². The molecule has 1 saturated heterocycles. The van der Waals surface area contributed by atoms with Crippen molar-refractivity contribution in [3.8, 4) is 5.75 Å². The highest BCUT2D eigenvalue weighted by Gasteiger charge is 2.31. The van der Waals surface area contributed by atoms with Crippen LogP contribution in [-0.2, 0) is 14.8 Å². The molecule has 162 valence electrons. The highest BCUT2D eigenvalue weighted by molar-refractivity contribution is 7.89. The largest absolute Gasteiger partial charge is 0.483 e. The van der Waals surface area contributed by atoms with E-state index in [0.29, 0.717) is 36.6 Å². The maximum Gasteiger partial charge on any atom is 0.258 e. The maximum absolute atomic E-state index is 13.0. The number of benzene rings is 2. The smallest absolute Gasteiger partial charge is 0.258 e. The molecule has 1 amide bonds. The Morgan fingerprint density at radius 1 is 1.07 bits per heavy atom. The molecule has 1 aliphatic rings. The second-order valence-electron chi connectivity index (χ2n) is 8.00. The van der Waals surface area contributed by atoms with Crippen molar-refractivity contribution in [2.45, 2.75) is 51.5 Å². The molecule has 30 heavy (non-hydrogen) atoms. The summed E-state index contributed by atoms with van der Waals surface area (Å²) in [5, 5.41) is 2.97. The fourth-order valence-electron chi connectivity index (χ4n) is 3.66. The lowest BCUT2D eigenvalue weighted by Crippen LogP contribution is -2.47.